The number of aryl methyl sites for hydroxylation is 3. The molecule has 0 fully saturated rings. The van der Waals surface area contributed by atoms with Crippen LogP contribution >= 0.6 is 11.3 Å². The highest BCUT2D eigenvalue weighted by atomic mass is 32.2. The number of hydrogen-bond donors (Lipinski definition) is 1. The number of anilines is 1. The highest BCUT2D eigenvalue weighted by molar-refractivity contribution is 7.91. The third-order valence-electron chi connectivity index (χ3n) is 3.64. The predicted molar refractivity (Wildman–Crippen MR) is 98.2 cm³/mol. The molecule has 0 atom stereocenters. The summed E-state index contributed by atoms with van der Waals surface area (Å²) in [6.07, 6.45) is 0. The van der Waals surface area contributed by atoms with Gasteiger partial charge in [0.05, 0.1) is 0 Å². The van der Waals surface area contributed by atoms with Gasteiger partial charge in [-0.1, -0.05) is 12.1 Å². The van der Waals surface area contributed by atoms with Crippen molar-refractivity contribution in [3.8, 4) is 0 Å². The van der Waals surface area contributed by atoms with E-state index in [9.17, 15) is 13.2 Å². The Morgan fingerprint density at radius 3 is 2.46 bits per heavy atom. The molecule has 7 heteroatoms. The maximum atomic E-state index is 12.3. The van der Waals surface area contributed by atoms with Crippen molar-refractivity contribution in [2.75, 3.05) is 18.0 Å². The van der Waals surface area contributed by atoms with Gasteiger partial charge in [-0.05, 0) is 50.1 Å². The lowest BCUT2D eigenvalue weighted by molar-refractivity contribution is -0.116. The number of hydrogen-bond acceptors (Lipinski definition) is 4. The maximum Gasteiger partial charge on any atom is 0.250 e. The zero-order valence-corrected chi connectivity index (χ0v) is 15.9. The van der Waals surface area contributed by atoms with Gasteiger partial charge in [-0.3, -0.25) is 4.79 Å². The number of carbonyl (C=O) groups excluding carboxylic acids is 1. The van der Waals surface area contributed by atoms with E-state index in [4.69, 9.17) is 0 Å². The van der Waals surface area contributed by atoms with Gasteiger partial charge in [-0.15, -0.1) is 11.3 Å². The Balaban J connectivity index is 2.10. The molecule has 0 aliphatic heterocycles. The molecule has 0 aliphatic carbocycles. The van der Waals surface area contributed by atoms with Crippen LogP contribution in [-0.4, -0.2) is 27.4 Å². The largest absolute Gasteiger partial charge is 0.311 e. The van der Waals surface area contributed by atoms with E-state index in [1.807, 2.05) is 39.0 Å². The van der Waals surface area contributed by atoms with Crippen LogP contribution in [0.1, 0.15) is 22.9 Å². The molecule has 1 aromatic carbocycles. The van der Waals surface area contributed by atoms with Crippen LogP contribution in [-0.2, 0) is 14.8 Å². The van der Waals surface area contributed by atoms with E-state index in [1.54, 1.807) is 17.0 Å². The Morgan fingerprint density at radius 1 is 1.17 bits per heavy atom. The minimum atomic E-state index is -3.53. The SMILES string of the molecule is CC(=O)N(CCNS(=O)(=O)c1ccc(C)s1)c1cc(C)ccc1C. The zero-order valence-electron chi connectivity index (χ0n) is 14.3. The summed E-state index contributed by atoms with van der Waals surface area (Å²) in [5.41, 5.74) is 2.85. The predicted octanol–water partition coefficient (Wildman–Crippen LogP) is 3.00. The van der Waals surface area contributed by atoms with Crippen LogP contribution in [0.4, 0.5) is 5.69 Å². The molecule has 0 radical (unpaired) electrons. The Morgan fingerprint density at radius 2 is 1.88 bits per heavy atom. The molecule has 1 aromatic heterocycles. The van der Waals surface area contributed by atoms with E-state index in [2.05, 4.69) is 4.72 Å². The Labute approximate surface area is 147 Å². The Hall–Kier alpha value is -1.70. The lowest BCUT2D eigenvalue weighted by Gasteiger charge is -2.23. The fraction of sp³-hybridized carbons (Fsp3) is 0.353. The second kappa shape index (κ2) is 7.46. The third-order valence-corrected chi connectivity index (χ3v) is 6.60. The summed E-state index contributed by atoms with van der Waals surface area (Å²) in [6.45, 7) is 7.68. The van der Waals surface area contributed by atoms with Crippen molar-refractivity contribution < 1.29 is 13.2 Å². The van der Waals surface area contributed by atoms with Crippen LogP contribution in [0, 0.1) is 20.8 Å². The van der Waals surface area contributed by atoms with Gasteiger partial charge in [-0.2, -0.15) is 0 Å². The number of nitrogens with one attached hydrogen (secondary N) is 1. The van der Waals surface area contributed by atoms with Crippen molar-refractivity contribution in [1.29, 1.82) is 0 Å². The minimum absolute atomic E-state index is 0.116. The molecular formula is C17H22N2O3S2. The number of thiophene rings is 1. The Bertz CT molecular complexity index is 841. The van der Waals surface area contributed by atoms with E-state index >= 15 is 0 Å². The molecule has 0 spiro atoms. The van der Waals surface area contributed by atoms with Crippen LogP contribution in [0.3, 0.4) is 0 Å². The van der Waals surface area contributed by atoms with Crippen molar-refractivity contribution in [3.63, 3.8) is 0 Å². The van der Waals surface area contributed by atoms with Crippen molar-refractivity contribution in [3.05, 3.63) is 46.3 Å². The number of amides is 1. The fourth-order valence-corrected chi connectivity index (χ4v) is 4.73. The van der Waals surface area contributed by atoms with Crippen LogP contribution in [0.15, 0.2) is 34.5 Å². The minimum Gasteiger partial charge on any atom is -0.311 e. The molecule has 24 heavy (non-hydrogen) atoms. The Kier molecular flexibility index (Phi) is 5.79. The summed E-state index contributed by atoms with van der Waals surface area (Å²) >= 11 is 1.23. The van der Waals surface area contributed by atoms with Crippen molar-refractivity contribution >= 4 is 33.0 Å². The molecule has 0 bridgehead atoms. The highest BCUT2D eigenvalue weighted by Crippen LogP contribution is 2.22. The molecule has 0 aliphatic rings. The van der Waals surface area contributed by atoms with Gasteiger partial charge in [0, 0.05) is 30.6 Å². The number of rotatable bonds is 6. The summed E-state index contributed by atoms with van der Waals surface area (Å²) in [5.74, 6) is -0.116. The average molecular weight is 367 g/mol. The first-order valence-electron chi connectivity index (χ1n) is 7.62. The van der Waals surface area contributed by atoms with E-state index in [0.717, 1.165) is 21.7 Å². The topological polar surface area (TPSA) is 66.5 Å². The smallest absolute Gasteiger partial charge is 0.250 e. The van der Waals surface area contributed by atoms with Crippen LogP contribution in [0.2, 0.25) is 0 Å². The summed E-state index contributed by atoms with van der Waals surface area (Å²) in [5, 5.41) is 0. The van der Waals surface area contributed by atoms with Crippen LogP contribution in [0.5, 0.6) is 0 Å². The molecule has 2 aromatic rings. The first-order valence-corrected chi connectivity index (χ1v) is 9.92. The molecular weight excluding hydrogens is 344 g/mol. The van der Waals surface area contributed by atoms with E-state index in [0.29, 0.717) is 4.21 Å². The highest BCUT2D eigenvalue weighted by Gasteiger charge is 2.18. The number of sulfonamides is 1. The van der Waals surface area contributed by atoms with Crippen molar-refractivity contribution in [2.24, 2.45) is 0 Å². The van der Waals surface area contributed by atoms with Gasteiger partial charge in [0.25, 0.3) is 0 Å². The van der Waals surface area contributed by atoms with Crippen molar-refractivity contribution in [1.82, 2.24) is 4.72 Å². The monoisotopic (exact) mass is 366 g/mol. The van der Waals surface area contributed by atoms with Gasteiger partial charge in [-0.25, -0.2) is 13.1 Å². The normalized spacial score (nSPS) is 11.5. The first-order chi connectivity index (χ1) is 11.2. The zero-order chi connectivity index (χ0) is 17.9. The quantitative estimate of drug-likeness (QED) is 0.855. The molecule has 0 saturated carbocycles. The summed E-state index contributed by atoms with van der Waals surface area (Å²) in [6, 6.07) is 9.25. The molecule has 1 amide bonds. The number of nitrogens with zero attached hydrogens (tertiary/aromatic N) is 1. The van der Waals surface area contributed by atoms with Gasteiger partial charge >= 0.3 is 0 Å². The molecule has 1 N–H and O–H groups in total. The number of benzene rings is 1. The van der Waals surface area contributed by atoms with Gasteiger partial charge in [0.15, 0.2) is 0 Å². The average Bonchev–Trinajstić information content (AvgIpc) is 2.93. The fourth-order valence-electron chi connectivity index (χ4n) is 2.38. The lowest BCUT2D eigenvalue weighted by atomic mass is 10.1. The van der Waals surface area contributed by atoms with Gasteiger partial charge in [0.1, 0.15) is 4.21 Å². The lowest BCUT2D eigenvalue weighted by Crippen LogP contribution is -2.37. The molecule has 0 saturated heterocycles. The maximum absolute atomic E-state index is 12.3. The summed E-state index contributed by atoms with van der Waals surface area (Å²) in [4.78, 5) is 14.5. The number of carbonyl (C=O) groups is 1. The second-order valence-corrected chi connectivity index (χ2v) is 9.01. The molecule has 0 unspecified atom stereocenters. The molecule has 5 nitrogen and oxygen atoms in total. The summed E-state index contributed by atoms with van der Waals surface area (Å²) in [7, 11) is -3.53. The third kappa shape index (κ3) is 4.43. The van der Waals surface area contributed by atoms with E-state index in [-0.39, 0.29) is 19.0 Å². The standard InChI is InChI=1S/C17H22N2O3S2/c1-12-5-6-13(2)16(11-12)19(15(4)20)10-9-18-24(21,22)17-8-7-14(3)23-17/h5-8,11,18H,9-10H2,1-4H3. The van der Waals surface area contributed by atoms with Crippen molar-refractivity contribution in [2.45, 2.75) is 31.9 Å². The summed E-state index contributed by atoms with van der Waals surface area (Å²) < 4.78 is 27.4. The molecule has 130 valence electrons. The van der Waals surface area contributed by atoms with Crippen LogP contribution < -0.4 is 9.62 Å². The van der Waals surface area contributed by atoms with E-state index in [1.165, 1.54) is 18.3 Å². The second-order valence-electron chi connectivity index (χ2n) is 5.72. The molecule has 2 rings (SSSR count). The van der Waals surface area contributed by atoms with E-state index < -0.39 is 10.0 Å². The van der Waals surface area contributed by atoms with Crippen LogP contribution in [0.25, 0.3) is 0 Å². The molecule has 1 heterocycles. The van der Waals surface area contributed by atoms with Gasteiger partial charge in [0.2, 0.25) is 15.9 Å². The van der Waals surface area contributed by atoms with Gasteiger partial charge < -0.3 is 4.90 Å². The first kappa shape index (κ1) is 18.6.